The van der Waals surface area contributed by atoms with Crippen molar-refractivity contribution >= 4 is 0 Å². The van der Waals surface area contributed by atoms with Crippen molar-refractivity contribution in [2.75, 3.05) is 20.8 Å². The number of hydrogen-bond acceptors (Lipinski definition) is 2. The molecular weight excluding hydrogens is 236 g/mol. The average molecular weight is 257 g/mol. The number of methoxy groups -OCH3 is 1. The molecule has 0 aliphatic rings. The van der Waals surface area contributed by atoms with Crippen LogP contribution in [0.2, 0.25) is 0 Å². The van der Waals surface area contributed by atoms with Crippen molar-refractivity contribution in [3.63, 3.8) is 0 Å². The summed E-state index contributed by atoms with van der Waals surface area (Å²) in [4.78, 5) is 0. The molecule has 4 heteroatoms. The van der Waals surface area contributed by atoms with Gasteiger partial charge >= 0.3 is 0 Å². The van der Waals surface area contributed by atoms with Crippen LogP contribution in [-0.2, 0) is 4.74 Å². The Hall–Kier alpha value is -1.00. The number of rotatable bonds is 7. The summed E-state index contributed by atoms with van der Waals surface area (Å²) in [6, 6.07) is 2.50. The fraction of sp³-hybridized carbons (Fsp3) is 0.571. The highest BCUT2D eigenvalue weighted by molar-refractivity contribution is 5.29. The van der Waals surface area contributed by atoms with E-state index in [1.165, 1.54) is 12.1 Å². The molecule has 0 spiro atoms. The van der Waals surface area contributed by atoms with E-state index in [1.807, 2.05) is 0 Å². The zero-order valence-electron chi connectivity index (χ0n) is 11.2. The van der Waals surface area contributed by atoms with Crippen molar-refractivity contribution in [1.82, 2.24) is 5.32 Å². The van der Waals surface area contributed by atoms with Gasteiger partial charge in [0.1, 0.15) is 11.6 Å². The zero-order valence-corrected chi connectivity index (χ0v) is 11.2. The molecule has 0 heterocycles. The van der Waals surface area contributed by atoms with Gasteiger partial charge in [-0.2, -0.15) is 0 Å². The molecule has 0 fully saturated rings. The van der Waals surface area contributed by atoms with Crippen molar-refractivity contribution < 1.29 is 13.5 Å². The quantitative estimate of drug-likeness (QED) is 0.756. The maximum absolute atomic E-state index is 14.0. The molecule has 1 atom stereocenters. The minimum atomic E-state index is -0.482. The lowest BCUT2D eigenvalue weighted by molar-refractivity contribution is 0.191. The summed E-state index contributed by atoms with van der Waals surface area (Å²) in [7, 11) is 3.37. The molecule has 1 N–H and O–H groups in total. The van der Waals surface area contributed by atoms with Gasteiger partial charge in [-0.25, -0.2) is 8.78 Å². The van der Waals surface area contributed by atoms with Gasteiger partial charge < -0.3 is 10.1 Å². The van der Waals surface area contributed by atoms with Crippen molar-refractivity contribution in [3.8, 4) is 0 Å². The van der Waals surface area contributed by atoms with Crippen LogP contribution in [0.25, 0.3) is 0 Å². The van der Waals surface area contributed by atoms with Gasteiger partial charge in [0.25, 0.3) is 0 Å². The molecule has 0 radical (unpaired) electrons. The van der Waals surface area contributed by atoms with Gasteiger partial charge in [-0.15, -0.1) is 0 Å². The van der Waals surface area contributed by atoms with E-state index in [-0.39, 0.29) is 11.6 Å². The molecule has 102 valence electrons. The Labute approximate surface area is 107 Å². The van der Waals surface area contributed by atoms with Crippen molar-refractivity contribution in [2.45, 2.75) is 32.2 Å². The second-order valence-corrected chi connectivity index (χ2v) is 4.42. The summed E-state index contributed by atoms with van der Waals surface area (Å²) >= 11 is 0. The molecule has 0 amide bonds. The van der Waals surface area contributed by atoms with E-state index in [1.54, 1.807) is 21.1 Å². The van der Waals surface area contributed by atoms with Crippen molar-refractivity contribution in [3.05, 3.63) is 34.9 Å². The van der Waals surface area contributed by atoms with E-state index < -0.39 is 11.6 Å². The first-order valence-corrected chi connectivity index (χ1v) is 6.22. The molecule has 1 rings (SSSR count). The highest BCUT2D eigenvalue weighted by Crippen LogP contribution is 2.26. The highest BCUT2D eigenvalue weighted by Gasteiger charge is 2.19. The van der Waals surface area contributed by atoms with E-state index in [2.05, 4.69) is 5.32 Å². The summed E-state index contributed by atoms with van der Waals surface area (Å²) in [5.41, 5.74) is 0.624. The molecule has 0 saturated carbocycles. The summed E-state index contributed by atoms with van der Waals surface area (Å²) < 4.78 is 32.7. The standard InChI is InChI=1S/C14H21F2NO/c1-10-7-8-11(15)13(14(10)16)12(17-2)6-4-5-9-18-3/h7-8,12,17H,4-6,9H2,1-3H3. The molecule has 0 bridgehead atoms. The van der Waals surface area contributed by atoms with Crippen LogP contribution >= 0.6 is 0 Å². The predicted octanol–water partition coefficient (Wildman–Crippen LogP) is 3.35. The van der Waals surface area contributed by atoms with Crippen molar-refractivity contribution in [1.29, 1.82) is 0 Å². The van der Waals surface area contributed by atoms with E-state index >= 15 is 0 Å². The summed E-state index contributed by atoms with van der Waals surface area (Å²) in [6.07, 6.45) is 2.45. The Morgan fingerprint density at radius 3 is 2.61 bits per heavy atom. The minimum absolute atomic E-state index is 0.148. The lowest BCUT2D eigenvalue weighted by atomic mass is 9.98. The van der Waals surface area contributed by atoms with Crippen LogP contribution in [0.15, 0.2) is 12.1 Å². The van der Waals surface area contributed by atoms with Gasteiger partial charge in [0, 0.05) is 25.3 Å². The first kappa shape index (κ1) is 15.1. The predicted molar refractivity (Wildman–Crippen MR) is 68.6 cm³/mol. The zero-order chi connectivity index (χ0) is 13.5. The highest BCUT2D eigenvalue weighted by atomic mass is 19.1. The van der Waals surface area contributed by atoms with Gasteiger partial charge in [0.2, 0.25) is 0 Å². The summed E-state index contributed by atoms with van der Waals surface area (Å²) in [5.74, 6) is -0.926. The first-order chi connectivity index (χ1) is 8.61. The maximum atomic E-state index is 14.0. The largest absolute Gasteiger partial charge is 0.385 e. The second kappa shape index (κ2) is 7.44. The maximum Gasteiger partial charge on any atom is 0.133 e. The monoisotopic (exact) mass is 257 g/mol. The molecule has 1 aromatic rings. The number of nitrogens with one attached hydrogen (secondary N) is 1. The molecule has 0 aliphatic carbocycles. The van der Waals surface area contributed by atoms with Gasteiger partial charge in [0.05, 0.1) is 0 Å². The van der Waals surface area contributed by atoms with E-state index in [0.29, 0.717) is 18.6 Å². The van der Waals surface area contributed by atoms with Crippen LogP contribution in [0.1, 0.15) is 36.4 Å². The third kappa shape index (κ3) is 3.75. The summed E-state index contributed by atoms with van der Waals surface area (Å²) in [5, 5.41) is 2.98. The number of aryl methyl sites for hydroxylation is 1. The molecule has 0 aliphatic heterocycles. The molecule has 2 nitrogen and oxygen atoms in total. The minimum Gasteiger partial charge on any atom is -0.385 e. The number of unbranched alkanes of at least 4 members (excludes halogenated alkanes) is 1. The number of ether oxygens (including phenoxy) is 1. The van der Waals surface area contributed by atoms with Crippen LogP contribution in [0.3, 0.4) is 0 Å². The number of halogens is 2. The first-order valence-electron chi connectivity index (χ1n) is 6.22. The fourth-order valence-electron chi connectivity index (χ4n) is 2.03. The third-order valence-corrected chi connectivity index (χ3v) is 3.11. The third-order valence-electron chi connectivity index (χ3n) is 3.11. The van der Waals surface area contributed by atoms with Crippen molar-refractivity contribution in [2.24, 2.45) is 0 Å². The lowest BCUT2D eigenvalue weighted by Gasteiger charge is -2.19. The van der Waals surface area contributed by atoms with E-state index in [9.17, 15) is 8.78 Å². The Kier molecular flexibility index (Phi) is 6.22. The van der Waals surface area contributed by atoms with E-state index in [4.69, 9.17) is 4.74 Å². The van der Waals surface area contributed by atoms with Gasteiger partial charge in [-0.1, -0.05) is 6.07 Å². The smallest absolute Gasteiger partial charge is 0.133 e. The van der Waals surface area contributed by atoms with Gasteiger partial charge in [0.15, 0.2) is 0 Å². The Balaban J connectivity index is 2.78. The molecule has 1 aromatic carbocycles. The normalized spacial score (nSPS) is 12.7. The van der Waals surface area contributed by atoms with Gasteiger partial charge in [-0.3, -0.25) is 0 Å². The molecule has 0 aromatic heterocycles. The molecular formula is C14H21F2NO. The average Bonchev–Trinajstić information content (AvgIpc) is 2.37. The lowest BCUT2D eigenvalue weighted by Crippen LogP contribution is -2.20. The summed E-state index contributed by atoms with van der Waals surface area (Å²) in [6.45, 7) is 2.32. The fourth-order valence-corrected chi connectivity index (χ4v) is 2.03. The number of benzene rings is 1. The molecule has 18 heavy (non-hydrogen) atoms. The Morgan fingerprint density at radius 1 is 1.28 bits per heavy atom. The Morgan fingerprint density at radius 2 is 2.00 bits per heavy atom. The second-order valence-electron chi connectivity index (χ2n) is 4.42. The van der Waals surface area contributed by atoms with Crippen LogP contribution in [-0.4, -0.2) is 20.8 Å². The van der Waals surface area contributed by atoms with E-state index in [0.717, 1.165) is 12.8 Å². The van der Waals surface area contributed by atoms with Gasteiger partial charge in [-0.05, 0) is 44.9 Å². The van der Waals surface area contributed by atoms with Crippen LogP contribution in [0.4, 0.5) is 8.78 Å². The topological polar surface area (TPSA) is 21.3 Å². The van der Waals surface area contributed by atoms with Crippen LogP contribution in [0.5, 0.6) is 0 Å². The Bertz CT molecular complexity index is 382. The number of hydrogen-bond donors (Lipinski definition) is 1. The van der Waals surface area contributed by atoms with Crippen LogP contribution in [0, 0.1) is 18.6 Å². The SMILES string of the molecule is CNC(CCCCOC)c1c(F)ccc(C)c1F. The van der Waals surface area contributed by atoms with Crippen LogP contribution < -0.4 is 5.32 Å². The molecule has 1 unspecified atom stereocenters. The molecule has 0 saturated heterocycles.